The van der Waals surface area contributed by atoms with Gasteiger partial charge in [-0.2, -0.15) is 0 Å². The number of aromatic nitrogens is 2. The van der Waals surface area contributed by atoms with Crippen LogP contribution in [0.3, 0.4) is 0 Å². The first-order valence-electron chi connectivity index (χ1n) is 13.6. The van der Waals surface area contributed by atoms with Gasteiger partial charge in [-0.1, -0.05) is 54.6 Å². The maximum Gasteiger partial charge on any atom is 0.330 e. The number of aliphatic hydroxyl groups is 1. The minimum absolute atomic E-state index is 0.0138. The molecule has 0 aliphatic carbocycles. The molecule has 5 atom stereocenters. The molecule has 5 N–H and O–H groups in total. The zero-order valence-electron chi connectivity index (χ0n) is 23.9. The van der Waals surface area contributed by atoms with Crippen LogP contribution in [0, 0.1) is 6.92 Å². The third-order valence-corrected chi connectivity index (χ3v) is 8.30. The van der Waals surface area contributed by atoms with Crippen molar-refractivity contribution in [2.75, 3.05) is 14.2 Å². The number of ether oxygens (including phenoxy) is 3. The van der Waals surface area contributed by atoms with Gasteiger partial charge in [0.15, 0.2) is 0 Å². The summed E-state index contributed by atoms with van der Waals surface area (Å²) in [5, 5.41) is 11.5. The van der Waals surface area contributed by atoms with Gasteiger partial charge in [0.2, 0.25) is 0 Å². The molecule has 0 radical (unpaired) electrons. The number of aromatic amines is 1. The van der Waals surface area contributed by atoms with E-state index in [9.17, 15) is 19.6 Å². The van der Waals surface area contributed by atoms with E-state index in [2.05, 4.69) is 4.98 Å². The van der Waals surface area contributed by atoms with Gasteiger partial charge >= 0.3 is 5.69 Å². The monoisotopic (exact) mass is 607 g/mol. The average molecular weight is 608 g/mol. The Kier molecular flexibility index (Phi) is 9.12. The van der Waals surface area contributed by atoms with Crippen LogP contribution >= 0.6 is 8.53 Å². The van der Waals surface area contributed by atoms with Crippen molar-refractivity contribution in [3.63, 3.8) is 0 Å². The SMILES string of the molecule is COc1ccc(C(c2ccccc2)(c2ccc(OC)cc2)C(OP(N)O)[C@H]2O[C@@H](n3cc(C)c(=O)[nH]c3=O)C[C@@H]2O)cc1. The summed E-state index contributed by atoms with van der Waals surface area (Å²) in [5.74, 6) is 1.26. The van der Waals surface area contributed by atoms with Crippen molar-refractivity contribution < 1.29 is 28.7 Å². The van der Waals surface area contributed by atoms with Crippen molar-refractivity contribution in [3.8, 4) is 11.5 Å². The summed E-state index contributed by atoms with van der Waals surface area (Å²) in [6.45, 7) is 1.57. The van der Waals surface area contributed by atoms with Crippen molar-refractivity contribution in [3.05, 3.63) is 128 Å². The summed E-state index contributed by atoms with van der Waals surface area (Å²) in [6.07, 6.45) is -2.87. The number of rotatable bonds is 10. The van der Waals surface area contributed by atoms with Crippen molar-refractivity contribution in [1.82, 2.24) is 9.55 Å². The zero-order valence-corrected chi connectivity index (χ0v) is 24.8. The maximum atomic E-state index is 12.8. The molecule has 1 fully saturated rings. The number of hydrogen-bond donors (Lipinski definition) is 4. The summed E-state index contributed by atoms with van der Waals surface area (Å²) >= 11 is 0. The average Bonchev–Trinajstić information content (AvgIpc) is 3.40. The van der Waals surface area contributed by atoms with Crippen molar-refractivity contribution in [2.45, 2.75) is 43.3 Å². The Hall–Kier alpha value is -3.83. The van der Waals surface area contributed by atoms with Gasteiger partial charge in [0, 0.05) is 18.2 Å². The lowest BCUT2D eigenvalue weighted by Crippen LogP contribution is -2.52. The van der Waals surface area contributed by atoms with Crippen molar-refractivity contribution >= 4 is 8.53 Å². The quantitative estimate of drug-likeness (QED) is 0.157. The summed E-state index contributed by atoms with van der Waals surface area (Å²) in [6, 6.07) is 24.3. The number of nitrogens with zero attached hydrogens (tertiary/aromatic N) is 1. The Morgan fingerprint density at radius 2 is 1.49 bits per heavy atom. The number of benzene rings is 3. The smallest absolute Gasteiger partial charge is 0.330 e. The Bertz CT molecular complexity index is 1590. The molecule has 1 aliphatic rings. The molecule has 0 amide bonds. The lowest BCUT2D eigenvalue weighted by molar-refractivity contribution is -0.0879. The molecule has 2 unspecified atom stereocenters. The summed E-state index contributed by atoms with van der Waals surface area (Å²) < 4.78 is 24.7. The van der Waals surface area contributed by atoms with E-state index in [-0.39, 0.29) is 6.42 Å². The number of H-pyrrole nitrogens is 1. The van der Waals surface area contributed by atoms with Gasteiger partial charge in [0.05, 0.1) is 25.7 Å². The summed E-state index contributed by atoms with van der Waals surface area (Å²) in [5.41, 5.74) is 6.12. The molecule has 1 aromatic heterocycles. The molecule has 0 saturated carbocycles. The van der Waals surface area contributed by atoms with Crippen LogP contribution in [0.4, 0.5) is 0 Å². The number of methoxy groups -OCH3 is 2. The van der Waals surface area contributed by atoms with Gasteiger partial charge < -0.3 is 28.7 Å². The number of nitrogens with two attached hydrogens (primary N) is 1. The van der Waals surface area contributed by atoms with Crippen LogP contribution in [0.15, 0.2) is 94.6 Å². The van der Waals surface area contributed by atoms with Gasteiger partial charge in [-0.15, -0.1) is 0 Å². The molecule has 0 bridgehead atoms. The molecule has 226 valence electrons. The first kappa shape index (κ1) is 30.6. The molecular weight excluding hydrogens is 573 g/mol. The molecule has 2 heterocycles. The molecule has 0 spiro atoms. The first-order chi connectivity index (χ1) is 20.7. The van der Waals surface area contributed by atoms with Gasteiger partial charge in [-0.25, -0.2) is 4.79 Å². The van der Waals surface area contributed by atoms with Gasteiger partial charge in [0.25, 0.3) is 14.1 Å². The van der Waals surface area contributed by atoms with E-state index >= 15 is 0 Å². The maximum absolute atomic E-state index is 12.8. The predicted molar refractivity (Wildman–Crippen MR) is 161 cm³/mol. The highest BCUT2D eigenvalue weighted by Gasteiger charge is 2.54. The number of hydrogen-bond acceptors (Lipinski definition) is 9. The molecule has 1 saturated heterocycles. The highest BCUT2D eigenvalue weighted by Crippen LogP contribution is 2.50. The summed E-state index contributed by atoms with van der Waals surface area (Å²) in [4.78, 5) is 37.6. The van der Waals surface area contributed by atoms with E-state index in [1.807, 2.05) is 78.9 Å². The van der Waals surface area contributed by atoms with E-state index < -0.39 is 49.7 Å². The topological polar surface area (TPSA) is 158 Å². The molecule has 11 nitrogen and oxygen atoms in total. The van der Waals surface area contributed by atoms with E-state index in [0.717, 1.165) is 16.7 Å². The normalized spacial score (nSPS) is 20.0. The minimum Gasteiger partial charge on any atom is -0.497 e. The first-order valence-corrected chi connectivity index (χ1v) is 14.9. The van der Waals surface area contributed by atoms with Crippen LogP contribution in [0.1, 0.15) is 34.9 Å². The Morgan fingerprint density at radius 3 is 2.00 bits per heavy atom. The molecule has 3 aromatic carbocycles. The minimum atomic E-state index is -2.47. The second-order valence-corrected chi connectivity index (χ2v) is 11.1. The Labute approximate surface area is 249 Å². The fourth-order valence-corrected chi connectivity index (χ4v) is 6.33. The van der Waals surface area contributed by atoms with Crippen LogP contribution in [-0.4, -0.2) is 52.1 Å². The lowest BCUT2D eigenvalue weighted by Gasteiger charge is -2.45. The van der Waals surface area contributed by atoms with Gasteiger partial charge in [-0.05, 0) is 47.9 Å². The van der Waals surface area contributed by atoms with Gasteiger partial charge in [0.1, 0.15) is 29.9 Å². The van der Waals surface area contributed by atoms with Crippen LogP contribution in [-0.2, 0) is 14.7 Å². The van der Waals surface area contributed by atoms with Crippen LogP contribution in [0.2, 0.25) is 0 Å². The third kappa shape index (κ3) is 5.88. The second kappa shape index (κ2) is 12.8. The van der Waals surface area contributed by atoms with Gasteiger partial charge in [-0.3, -0.25) is 19.8 Å². The van der Waals surface area contributed by atoms with E-state index in [1.165, 1.54) is 10.8 Å². The van der Waals surface area contributed by atoms with E-state index in [1.54, 1.807) is 21.1 Å². The highest BCUT2D eigenvalue weighted by molar-refractivity contribution is 7.43. The number of aliphatic hydroxyl groups excluding tert-OH is 1. The molecule has 12 heteroatoms. The van der Waals surface area contributed by atoms with Crippen molar-refractivity contribution in [2.24, 2.45) is 5.50 Å². The predicted octanol–water partition coefficient (Wildman–Crippen LogP) is 3.11. The Balaban J connectivity index is 1.76. The van der Waals surface area contributed by atoms with Crippen LogP contribution in [0.25, 0.3) is 0 Å². The largest absolute Gasteiger partial charge is 0.497 e. The number of nitrogens with one attached hydrogen (secondary N) is 1. The molecule has 4 aromatic rings. The molecule has 5 rings (SSSR count). The molecule has 43 heavy (non-hydrogen) atoms. The highest BCUT2D eigenvalue weighted by atomic mass is 31.2. The summed E-state index contributed by atoms with van der Waals surface area (Å²) in [7, 11) is 0.680. The lowest BCUT2D eigenvalue weighted by atomic mass is 9.64. The standard InChI is InChI=1S/C31H34N3O8P/c1-19-18-34(30(37)33-29(19)36)26-17-25(35)27(41-26)28(42-43(32)38)31(20-7-5-4-6-8-20,21-9-13-23(39-2)14-10-21)22-11-15-24(40-3)16-12-22/h4-16,18,25-28,35,38H,17,32H2,1-3H3,(H,33,36,37)/t25-,26+,27-,28?,43?/m0/s1. The molecule has 1 aliphatic heterocycles. The Morgan fingerprint density at radius 1 is 0.953 bits per heavy atom. The fourth-order valence-electron chi connectivity index (χ4n) is 5.82. The van der Waals surface area contributed by atoms with Crippen LogP contribution in [0.5, 0.6) is 11.5 Å². The zero-order chi connectivity index (χ0) is 30.7. The van der Waals surface area contributed by atoms with Crippen molar-refractivity contribution in [1.29, 1.82) is 0 Å². The fraction of sp³-hybridized carbons (Fsp3) is 0.290. The van der Waals surface area contributed by atoms with E-state index in [0.29, 0.717) is 17.1 Å². The second-order valence-electron chi connectivity index (χ2n) is 10.3. The number of aryl methyl sites for hydroxylation is 1. The third-order valence-electron chi connectivity index (χ3n) is 7.86. The van der Waals surface area contributed by atoms with E-state index in [4.69, 9.17) is 24.2 Å². The molecular formula is C31H34N3O8P. The van der Waals surface area contributed by atoms with Crippen LogP contribution < -0.4 is 26.2 Å².